The molecule has 1 fully saturated rings. The molecule has 1 rings (SSSR count). The van der Waals surface area contributed by atoms with Crippen molar-refractivity contribution < 1.29 is 10.0 Å². The van der Waals surface area contributed by atoms with Crippen molar-refractivity contribution in [3.05, 3.63) is 0 Å². The van der Waals surface area contributed by atoms with Crippen LogP contribution in [0.4, 0.5) is 0 Å². The lowest BCUT2D eigenvalue weighted by molar-refractivity contribution is -0.140. The summed E-state index contributed by atoms with van der Waals surface area (Å²) in [6.45, 7) is 4.28. The molecule has 0 heterocycles. The largest absolute Gasteiger partial charge is 0.409 e. The van der Waals surface area contributed by atoms with E-state index in [0.29, 0.717) is 25.9 Å². The van der Waals surface area contributed by atoms with Gasteiger partial charge in [0.05, 0.1) is 0 Å². The fourth-order valence-corrected chi connectivity index (χ4v) is 3.04. The highest BCUT2D eigenvalue weighted by molar-refractivity contribution is 6.06. The second kappa shape index (κ2) is 8.22. The Morgan fingerprint density at radius 2 is 1.81 bits per heavy atom. The highest BCUT2D eigenvalue weighted by Gasteiger charge is 2.45. The van der Waals surface area contributed by atoms with Crippen molar-refractivity contribution in [1.82, 2.24) is 9.80 Å². The first-order valence-corrected chi connectivity index (χ1v) is 7.90. The van der Waals surface area contributed by atoms with Gasteiger partial charge in [0.25, 0.3) is 0 Å². The van der Waals surface area contributed by atoms with E-state index in [1.54, 1.807) is 0 Å². The zero-order chi connectivity index (χ0) is 15.9. The van der Waals surface area contributed by atoms with Crippen LogP contribution in [0.25, 0.3) is 0 Å². The number of carbonyl (C=O) groups excluding carboxylic acids is 1. The van der Waals surface area contributed by atoms with Crippen LogP contribution in [0.2, 0.25) is 0 Å². The zero-order valence-electron chi connectivity index (χ0n) is 13.6. The molecular weight excluding hydrogens is 268 g/mol. The van der Waals surface area contributed by atoms with Gasteiger partial charge >= 0.3 is 0 Å². The van der Waals surface area contributed by atoms with Gasteiger partial charge in [-0.3, -0.25) is 4.79 Å². The van der Waals surface area contributed by atoms with Crippen LogP contribution in [0.15, 0.2) is 5.16 Å². The molecule has 0 atom stereocenters. The number of hydrogen-bond acceptors (Lipinski definition) is 4. The lowest BCUT2D eigenvalue weighted by Crippen LogP contribution is -2.53. The second-order valence-corrected chi connectivity index (χ2v) is 6.22. The van der Waals surface area contributed by atoms with Crippen LogP contribution in [-0.4, -0.2) is 60.5 Å². The Bertz CT molecular complexity index is 363. The summed E-state index contributed by atoms with van der Waals surface area (Å²) in [6, 6.07) is 0. The molecule has 0 aliphatic heterocycles. The number of likely N-dealkylation sites (N-methyl/N-ethyl adjacent to an activating group) is 1. The predicted octanol–water partition coefficient (Wildman–Crippen LogP) is 1.48. The maximum absolute atomic E-state index is 13.1. The SMILES string of the molecule is CCCN(CCN(C)C)C(=O)C1(C(N)=NO)CCCCC1. The Kier molecular flexibility index (Phi) is 6.95. The summed E-state index contributed by atoms with van der Waals surface area (Å²) in [4.78, 5) is 17.0. The molecule has 122 valence electrons. The fourth-order valence-electron chi connectivity index (χ4n) is 3.04. The average molecular weight is 298 g/mol. The minimum atomic E-state index is -0.797. The van der Waals surface area contributed by atoms with Crippen LogP contribution in [0, 0.1) is 5.41 Å². The van der Waals surface area contributed by atoms with Crippen molar-refractivity contribution in [3.8, 4) is 0 Å². The van der Waals surface area contributed by atoms with Crippen molar-refractivity contribution in [3.63, 3.8) is 0 Å². The van der Waals surface area contributed by atoms with Gasteiger partial charge < -0.3 is 20.7 Å². The lowest BCUT2D eigenvalue weighted by atomic mass is 9.72. The first kappa shape index (κ1) is 17.8. The molecule has 6 heteroatoms. The zero-order valence-corrected chi connectivity index (χ0v) is 13.6. The van der Waals surface area contributed by atoms with Crippen LogP contribution in [0.3, 0.4) is 0 Å². The van der Waals surface area contributed by atoms with Crippen molar-refractivity contribution in [1.29, 1.82) is 0 Å². The van der Waals surface area contributed by atoms with E-state index in [-0.39, 0.29) is 11.7 Å². The molecule has 0 aromatic carbocycles. The van der Waals surface area contributed by atoms with E-state index in [4.69, 9.17) is 10.9 Å². The third kappa shape index (κ3) is 4.33. The van der Waals surface area contributed by atoms with E-state index in [2.05, 4.69) is 17.0 Å². The molecule has 0 aromatic rings. The molecule has 3 N–H and O–H groups in total. The number of carbonyl (C=O) groups is 1. The molecule has 6 nitrogen and oxygen atoms in total. The van der Waals surface area contributed by atoms with Crippen LogP contribution in [-0.2, 0) is 4.79 Å². The van der Waals surface area contributed by atoms with E-state index in [1.165, 1.54) is 0 Å². The monoisotopic (exact) mass is 298 g/mol. The topological polar surface area (TPSA) is 82.2 Å². The molecule has 0 bridgehead atoms. The molecule has 0 unspecified atom stereocenters. The van der Waals surface area contributed by atoms with Gasteiger partial charge in [0, 0.05) is 19.6 Å². The standard InChI is InChI=1S/C15H30N4O2/c1-4-10-19(12-11-18(2)3)14(20)15(13(16)17-21)8-6-5-7-9-15/h21H,4-12H2,1-3H3,(H2,16,17). The lowest BCUT2D eigenvalue weighted by Gasteiger charge is -2.39. The smallest absolute Gasteiger partial charge is 0.236 e. The van der Waals surface area contributed by atoms with Crippen molar-refractivity contribution in [2.75, 3.05) is 33.7 Å². The summed E-state index contributed by atoms with van der Waals surface area (Å²) >= 11 is 0. The maximum atomic E-state index is 13.1. The quantitative estimate of drug-likeness (QED) is 0.323. The summed E-state index contributed by atoms with van der Waals surface area (Å²) in [5.74, 6) is 0.111. The molecule has 0 aromatic heterocycles. The highest BCUT2D eigenvalue weighted by atomic mass is 16.4. The minimum Gasteiger partial charge on any atom is -0.409 e. The number of nitrogens with zero attached hydrogens (tertiary/aromatic N) is 3. The molecule has 0 spiro atoms. The van der Waals surface area contributed by atoms with E-state index in [1.807, 2.05) is 19.0 Å². The summed E-state index contributed by atoms with van der Waals surface area (Å²) in [6.07, 6.45) is 5.30. The van der Waals surface area contributed by atoms with Gasteiger partial charge in [-0.05, 0) is 33.4 Å². The Hall–Kier alpha value is -1.30. The normalized spacial score (nSPS) is 18.8. The second-order valence-electron chi connectivity index (χ2n) is 6.22. The molecular formula is C15H30N4O2. The Morgan fingerprint density at radius 1 is 1.19 bits per heavy atom. The van der Waals surface area contributed by atoms with Gasteiger partial charge in [0.2, 0.25) is 5.91 Å². The van der Waals surface area contributed by atoms with Gasteiger partial charge in [-0.25, -0.2) is 0 Å². The Morgan fingerprint density at radius 3 is 2.29 bits per heavy atom. The number of amides is 1. The fraction of sp³-hybridized carbons (Fsp3) is 0.867. The van der Waals surface area contributed by atoms with Gasteiger partial charge in [0.1, 0.15) is 5.41 Å². The molecule has 0 radical (unpaired) electrons. The first-order valence-electron chi connectivity index (χ1n) is 7.90. The number of amidine groups is 1. The van der Waals surface area contributed by atoms with E-state index >= 15 is 0 Å². The summed E-state index contributed by atoms with van der Waals surface area (Å²) in [5.41, 5.74) is 5.12. The van der Waals surface area contributed by atoms with Gasteiger partial charge in [-0.1, -0.05) is 31.3 Å². The predicted molar refractivity (Wildman–Crippen MR) is 84.4 cm³/mol. The van der Waals surface area contributed by atoms with Crippen LogP contribution < -0.4 is 5.73 Å². The van der Waals surface area contributed by atoms with Crippen molar-refractivity contribution in [2.24, 2.45) is 16.3 Å². The van der Waals surface area contributed by atoms with E-state index in [9.17, 15) is 4.79 Å². The number of hydrogen-bond donors (Lipinski definition) is 2. The number of rotatable bonds is 7. The molecule has 1 aliphatic carbocycles. The van der Waals surface area contributed by atoms with Crippen molar-refractivity contribution >= 4 is 11.7 Å². The minimum absolute atomic E-state index is 0.0289. The van der Waals surface area contributed by atoms with Crippen LogP contribution >= 0.6 is 0 Å². The van der Waals surface area contributed by atoms with Crippen LogP contribution in [0.5, 0.6) is 0 Å². The average Bonchev–Trinajstić information content (AvgIpc) is 2.50. The third-order valence-corrected chi connectivity index (χ3v) is 4.31. The Labute approximate surface area is 128 Å². The van der Waals surface area contributed by atoms with Gasteiger partial charge in [0.15, 0.2) is 5.84 Å². The van der Waals surface area contributed by atoms with E-state index in [0.717, 1.165) is 32.2 Å². The number of oxime groups is 1. The van der Waals surface area contributed by atoms with Gasteiger partial charge in [-0.2, -0.15) is 0 Å². The van der Waals surface area contributed by atoms with Crippen molar-refractivity contribution in [2.45, 2.75) is 45.4 Å². The molecule has 1 aliphatic rings. The third-order valence-electron chi connectivity index (χ3n) is 4.31. The highest BCUT2D eigenvalue weighted by Crippen LogP contribution is 2.38. The summed E-state index contributed by atoms with van der Waals surface area (Å²) in [5, 5.41) is 12.3. The molecule has 1 saturated carbocycles. The number of nitrogens with two attached hydrogens (primary N) is 1. The first-order chi connectivity index (χ1) is 9.97. The van der Waals surface area contributed by atoms with Gasteiger partial charge in [-0.15, -0.1) is 0 Å². The summed E-state index contributed by atoms with van der Waals surface area (Å²) in [7, 11) is 3.99. The summed E-state index contributed by atoms with van der Waals surface area (Å²) < 4.78 is 0. The Balaban J connectivity index is 2.94. The molecule has 1 amide bonds. The molecule has 0 saturated heterocycles. The van der Waals surface area contributed by atoms with E-state index < -0.39 is 5.41 Å². The maximum Gasteiger partial charge on any atom is 0.236 e. The molecule has 21 heavy (non-hydrogen) atoms. The van der Waals surface area contributed by atoms with Crippen LogP contribution in [0.1, 0.15) is 45.4 Å².